The predicted molar refractivity (Wildman–Crippen MR) is 67.2 cm³/mol. The van der Waals surface area contributed by atoms with Gasteiger partial charge in [0.25, 0.3) is 0 Å². The highest BCUT2D eigenvalue weighted by Crippen LogP contribution is 2.24. The molecule has 1 aromatic heterocycles. The summed E-state index contributed by atoms with van der Waals surface area (Å²) >= 11 is 0. The lowest BCUT2D eigenvalue weighted by Crippen LogP contribution is -2.36. The molecule has 1 rings (SSSR count). The minimum Gasteiger partial charge on any atom is -0.472 e. The molecular weight excluding hydrogens is 216 g/mol. The summed E-state index contributed by atoms with van der Waals surface area (Å²) in [6, 6.07) is 1.83. The van der Waals surface area contributed by atoms with E-state index < -0.39 is 0 Å². The Morgan fingerprint density at radius 3 is 2.71 bits per heavy atom. The Morgan fingerprint density at radius 1 is 1.53 bits per heavy atom. The molecule has 0 spiro atoms. The average molecular weight is 238 g/mol. The van der Waals surface area contributed by atoms with E-state index in [9.17, 15) is 4.79 Å². The van der Waals surface area contributed by atoms with E-state index in [4.69, 9.17) is 10.2 Å². The lowest BCUT2D eigenvalue weighted by molar-refractivity contribution is -0.125. The van der Waals surface area contributed by atoms with Crippen molar-refractivity contribution < 1.29 is 9.21 Å². The van der Waals surface area contributed by atoms with E-state index in [1.54, 1.807) is 12.5 Å². The summed E-state index contributed by atoms with van der Waals surface area (Å²) in [7, 11) is 0. The fourth-order valence-electron chi connectivity index (χ4n) is 1.75. The molecule has 0 saturated carbocycles. The molecule has 1 atom stereocenters. The number of hydrogen-bond donors (Lipinski definition) is 2. The first kappa shape index (κ1) is 13.8. The third-order valence-electron chi connectivity index (χ3n) is 2.56. The quantitative estimate of drug-likeness (QED) is 0.823. The van der Waals surface area contributed by atoms with Gasteiger partial charge in [0.15, 0.2) is 0 Å². The van der Waals surface area contributed by atoms with Gasteiger partial charge in [-0.15, -0.1) is 0 Å². The van der Waals surface area contributed by atoms with Crippen molar-refractivity contribution in [1.29, 1.82) is 0 Å². The molecule has 4 nitrogen and oxygen atoms in total. The lowest BCUT2D eigenvalue weighted by atomic mass is 9.84. The maximum Gasteiger partial charge on any atom is 0.224 e. The molecule has 0 aliphatic carbocycles. The summed E-state index contributed by atoms with van der Waals surface area (Å²) in [5.41, 5.74) is 6.72. The molecule has 1 amide bonds. The van der Waals surface area contributed by atoms with Crippen molar-refractivity contribution in [2.24, 2.45) is 17.1 Å². The molecule has 0 fully saturated rings. The van der Waals surface area contributed by atoms with Crippen LogP contribution < -0.4 is 11.1 Å². The zero-order chi connectivity index (χ0) is 12.9. The first-order valence-electron chi connectivity index (χ1n) is 5.91. The monoisotopic (exact) mass is 238 g/mol. The number of rotatable bonds is 5. The summed E-state index contributed by atoms with van der Waals surface area (Å²) in [5, 5.41) is 2.88. The lowest BCUT2D eigenvalue weighted by Gasteiger charge is -2.24. The molecule has 1 heterocycles. The maximum atomic E-state index is 11.9. The number of nitrogens with two attached hydrogens (primary N) is 1. The van der Waals surface area contributed by atoms with Crippen LogP contribution in [0.4, 0.5) is 0 Å². The molecule has 0 radical (unpaired) electrons. The van der Waals surface area contributed by atoms with E-state index in [-0.39, 0.29) is 17.2 Å². The molecule has 0 aromatic carbocycles. The van der Waals surface area contributed by atoms with E-state index in [0.717, 1.165) is 12.0 Å². The molecule has 96 valence electrons. The fourth-order valence-corrected chi connectivity index (χ4v) is 1.75. The van der Waals surface area contributed by atoms with Crippen LogP contribution in [0.2, 0.25) is 0 Å². The normalized spacial score (nSPS) is 13.4. The van der Waals surface area contributed by atoms with Crippen LogP contribution in [0.1, 0.15) is 32.8 Å². The summed E-state index contributed by atoms with van der Waals surface area (Å²) < 4.78 is 4.94. The highest BCUT2D eigenvalue weighted by Gasteiger charge is 2.23. The van der Waals surface area contributed by atoms with Crippen LogP contribution >= 0.6 is 0 Å². The molecule has 4 heteroatoms. The maximum absolute atomic E-state index is 11.9. The minimum atomic E-state index is -0.123. The number of hydrogen-bond acceptors (Lipinski definition) is 3. The van der Waals surface area contributed by atoms with E-state index in [0.29, 0.717) is 13.1 Å². The van der Waals surface area contributed by atoms with Gasteiger partial charge in [0, 0.05) is 18.7 Å². The molecule has 1 unspecified atom stereocenters. The van der Waals surface area contributed by atoms with Gasteiger partial charge in [-0.3, -0.25) is 4.79 Å². The second kappa shape index (κ2) is 5.87. The van der Waals surface area contributed by atoms with Crippen molar-refractivity contribution in [1.82, 2.24) is 5.32 Å². The van der Waals surface area contributed by atoms with Crippen molar-refractivity contribution in [3.05, 3.63) is 24.2 Å². The average Bonchev–Trinajstić information content (AvgIpc) is 2.74. The molecule has 0 saturated heterocycles. The summed E-state index contributed by atoms with van der Waals surface area (Å²) in [5.74, 6) is -0.106. The van der Waals surface area contributed by atoms with Crippen molar-refractivity contribution in [3.63, 3.8) is 0 Å². The van der Waals surface area contributed by atoms with Crippen LogP contribution in [-0.4, -0.2) is 12.5 Å². The Balaban J connectivity index is 2.44. The largest absolute Gasteiger partial charge is 0.472 e. The van der Waals surface area contributed by atoms with Gasteiger partial charge in [-0.05, 0) is 17.9 Å². The highest BCUT2D eigenvalue weighted by atomic mass is 16.3. The zero-order valence-electron chi connectivity index (χ0n) is 10.8. The zero-order valence-corrected chi connectivity index (χ0v) is 10.8. The Kier molecular flexibility index (Phi) is 4.75. The number of nitrogens with one attached hydrogen (secondary N) is 1. The molecule has 17 heavy (non-hydrogen) atoms. The van der Waals surface area contributed by atoms with Gasteiger partial charge in [0.1, 0.15) is 0 Å². The van der Waals surface area contributed by atoms with Crippen LogP contribution in [0, 0.1) is 11.3 Å². The molecule has 0 aliphatic heterocycles. The molecule has 0 aliphatic rings. The fraction of sp³-hybridized carbons (Fsp3) is 0.615. The predicted octanol–water partition coefficient (Wildman–Crippen LogP) is 1.91. The molecule has 0 bridgehead atoms. The number of amides is 1. The van der Waals surface area contributed by atoms with Crippen LogP contribution in [-0.2, 0) is 11.3 Å². The topological polar surface area (TPSA) is 68.3 Å². The summed E-state index contributed by atoms with van der Waals surface area (Å²) in [6.07, 6.45) is 4.01. The van der Waals surface area contributed by atoms with Gasteiger partial charge in [-0.1, -0.05) is 20.8 Å². The Labute approximate surface area is 103 Å². The smallest absolute Gasteiger partial charge is 0.224 e. The third kappa shape index (κ3) is 5.04. The van der Waals surface area contributed by atoms with Crippen molar-refractivity contribution in [3.8, 4) is 0 Å². The van der Waals surface area contributed by atoms with Crippen LogP contribution in [0.3, 0.4) is 0 Å². The van der Waals surface area contributed by atoms with Crippen LogP contribution in [0.25, 0.3) is 0 Å². The van der Waals surface area contributed by atoms with Crippen LogP contribution in [0.15, 0.2) is 23.0 Å². The van der Waals surface area contributed by atoms with Crippen LogP contribution in [0.5, 0.6) is 0 Å². The number of furan rings is 1. The third-order valence-corrected chi connectivity index (χ3v) is 2.56. The Hall–Kier alpha value is -1.29. The SMILES string of the molecule is CC(C)(C)CC(CN)C(=O)NCc1ccoc1. The van der Waals surface area contributed by atoms with E-state index in [1.807, 2.05) is 6.07 Å². The van der Waals surface area contributed by atoms with E-state index in [2.05, 4.69) is 26.1 Å². The van der Waals surface area contributed by atoms with Gasteiger partial charge >= 0.3 is 0 Å². The molecular formula is C13H22N2O2. The van der Waals surface area contributed by atoms with Crippen molar-refractivity contribution in [2.75, 3.05) is 6.54 Å². The second-order valence-corrected chi connectivity index (χ2v) is 5.55. The standard InChI is InChI=1S/C13H22N2O2/c1-13(2,3)6-11(7-14)12(16)15-8-10-4-5-17-9-10/h4-5,9,11H,6-8,14H2,1-3H3,(H,15,16). The van der Waals surface area contributed by atoms with Gasteiger partial charge in [0.2, 0.25) is 5.91 Å². The number of carbonyl (C=O) groups excluding carboxylic acids is 1. The van der Waals surface area contributed by atoms with Gasteiger partial charge in [0.05, 0.1) is 18.4 Å². The van der Waals surface area contributed by atoms with Gasteiger partial charge < -0.3 is 15.5 Å². The van der Waals surface area contributed by atoms with Crippen molar-refractivity contribution in [2.45, 2.75) is 33.7 Å². The van der Waals surface area contributed by atoms with Gasteiger partial charge in [-0.25, -0.2) is 0 Å². The highest BCUT2D eigenvalue weighted by molar-refractivity contribution is 5.78. The Bertz CT molecular complexity index is 339. The first-order chi connectivity index (χ1) is 7.92. The minimum absolute atomic E-state index is 0.0172. The first-order valence-corrected chi connectivity index (χ1v) is 5.91. The molecule has 3 N–H and O–H groups in total. The van der Waals surface area contributed by atoms with E-state index >= 15 is 0 Å². The summed E-state index contributed by atoms with van der Waals surface area (Å²) in [6.45, 7) is 7.21. The molecule has 1 aromatic rings. The number of carbonyl (C=O) groups is 1. The van der Waals surface area contributed by atoms with Gasteiger partial charge in [-0.2, -0.15) is 0 Å². The second-order valence-electron chi connectivity index (χ2n) is 5.55. The Morgan fingerprint density at radius 2 is 2.24 bits per heavy atom. The summed E-state index contributed by atoms with van der Waals surface area (Å²) in [4.78, 5) is 11.9. The van der Waals surface area contributed by atoms with Crippen molar-refractivity contribution >= 4 is 5.91 Å². The van der Waals surface area contributed by atoms with E-state index in [1.165, 1.54) is 0 Å².